The Morgan fingerprint density at radius 3 is 2.89 bits per heavy atom. The van der Waals surface area contributed by atoms with E-state index in [1.807, 2.05) is 11.9 Å². The Morgan fingerprint density at radius 2 is 2.09 bits per heavy atom. The molecule has 3 aliphatic rings. The van der Waals surface area contributed by atoms with E-state index in [-0.39, 0.29) is 61.6 Å². The number of fused-ring (bicyclic) bond motifs is 3. The van der Waals surface area contributed by atoms with Gasteiger partial charge in [-0.1, -0.05) is 29.5 Å². The first-order valence-electron chi connectivity index (χ1n) is 14.8. The SMILES string of the molecule is C=CC(=O)N1CC[C@H](N(C)c2nc(OC[C@@]34CCCN3C[C@H](F)C4)nc3c(F)c(-c4ccc(F)c5sc(N)nc45)c(Cl)cc23)C1. The number of thiazole rings is 1. The molecule has 0 aliphatic carbocycles. The second-order valence-electron chi connectivity index (χ2n) is 12.0. The van der Waals surface area contributed by atoms with Crippen molar-refractivity contribution in [1.82, 2.24) is 24.8 Å². The fourth-order valence-electron chi connectivity index (χ4n) is 7.14. The summed E-state index contributed by atoms with van der Waals surface area (Å²) >= 11 is 7.74. The average molecular weight is 658 g/mol. The molecule has 3 fully saturated rings. The van der Waals surface area contributed by atoms with Crippen molar-refractivity contribution < 1.29 is 22.7 Å². The number of nitrogen functional groups attached to an aromatic ring is 1. The Balaban J connectivity index is 1.34. The van der Waals surface area contributed by atoms with E-state index in [1.54, 1.807) is 11.0 Å². The highest BCUT2D eigenvalue weighted by Crippen LogP contribution is 2.44. The van der Waals surface area contributed by atoms with Gasteiger partial charge in [-0.05, 0) is 50.1 Å². The maximum atomic E-state index is 16.8. The second kappa shape index (κ2) is 11.3. The van der Waals surface area contributed by atoms with Gasteiger partial charge in [-0.3, -0.25) is 9.69 Å². The Labute approximate surface area is 266 Å². The summed E-state index contributed by atoms with van der Waals surface area (Å²) < 4.78 is 52.2. The van der Waals surface area contributed by atoms with Crippen LogP contribution in [0.4, 0.5) is 24.1 Å². The van der Waals surface area contributed by atoms with Gasteiger partial charge in [0.2, 0.25) is 5.91 Å². The molecular weight excluding hydrogens is 627 g/mol. The monoisotopic (exact) mass is 657 g/mol. The number of carbonyl (C=O) groups excluding carboxylic acids is 1. The number of benzene rings is 2. The van der Waals surface area contributed by atoms with Crippen LogP contribution < -0.4 is 15.4 Å². The number of anilines is 2. The van der Waals surface area contributed by atoms with Crippen molar-refractivity contribution >= 4 is 60.9 Å². The molecule has 3 aliphatic heterocycles. The highest BCUT2D eigenvalue weighted by Gasteiger charge is 2.49. The van der Waals surface area contributed by atoms with Gasteiger partial charge in [-0.2, -0.15) is 9.97 Å². The topological polar surface area (TPSA) is 101 Å². The first-order valence-corrected chi connectivity index (χ1v) is 16.0. The first-order chi connectivity index (χ1) is 21.6. The molecule has 0 unspecified atom stereocenters. The Hall–Kier alpha value is -3.68. The second-order valence-corrected chi connectivity index (χ2v) is 13.4. The number of hydrogen-bond acceptors (Lipinski definition) is 9. The van der Waals surface area contributed by atoms with Crippen LogP contribution in [0, 0.1) is 11.6 Å². The van der Waals surface area contributed by atoms with Crippen LogP contribution in [-0.4, -0.2) is 88.2 Å². The maximum Gasteiger partial charge on any atom is 0.319 e. The van der Waals surface area contributed by atoms with Gasteiger partial charge in [-0.15, -0.1) is 0 Å². The third-order valence-electron chi connectivity index (χ3n) is 9.39. The highest BCUT2D eigenvalue weighted by atomic mass is 35.5. The third-order valence-corrected chi connectivity index (χ3v) is 10.6. The first kappa shape index (κ1) is 30.0. The van der Waals surface area contributed by atoms with Crippen LogP contribution in [0.3, 0.4) is 0 Å². The van der Waals surface area contributed by atoms with E-state index in [9.17, 15) is 13.6 Å². The van der Waals surface area contributed by atoms with Gasteiger partial charge >= 0.3 is 6.01 Å². The van der Waals surface area contributed by atoms with E-state index in [4.69, 9.17) is 27.1 Å². The number of rotatable bonds is 7. The van der Waals surface area contributed by atoms with Gasteiger partial charge < -0.3 is 20.3 Å². The summed E-state index contributed by atoms with van der Waals surface area (Å²) in [6.45, 7) is 5.86. The highest BCUT2D eigenvalue weighted by molar-refractivity contribution is 7.22. The molecule has 2 N–H and O–H groups in total. The van der Waals surface area contributed by atoms with Gasteiger partial charge in [-0.25, -0.2) is 18.2 Å². The Kier molecular flexibility index (Phi) is 7.52. The molecular formula is C31H31ClF3N7O2S. The lowest BCUT2D eigenvalue weighted by atomic mass is 9.95. The summed E-state index contributed by atoms with van der Waals surface area (Å²) in [5.41, 5.74) is 5.84. The molecule has 2 aromatic carbocycles. The number of aromatic nitrogens is 3. The van der Waals surface area contributed by atoms with Crippen LogP contribution in [0.25, 0.3) is 32.2 Å². The van der Waals surface area contributed by atoms with Crippen LogP contribution in [0.2, 0.25) is 5.02 Å². The third kappa shape index (κ3) is 5.05. The molecule has 0 saturated carbocycles. The smallest absolute Gasteiger partial charge is 0.319 e. The van der Waals surface area contributed by atoms with Crippen molar-refractivity contribution in [3.05, 3.63) is 47.5 Å². The van der Waals surface area contributed by atoms with E-state index in [2.05, 4.69) is 21.4 Å². The average Bonchev–Trinajstić information content (AvgIpc) is 3.80. The Morgan fingerprint density at radius 1 is 1.27 bits per heavy atom. The number of nitrogens with zero attached hydrogens (tertiary/aromatic N) is 6. The molecule has 0 spiro atoms. The van der Waals surface area contributed by atoms with Crippen molar-refractivity contribution in [3.63, 3.8) is 0 Å². The molecule has 9 nitrogen and oxygen atoms in total. The van der Waals surface area contributed by atoms with Gasteiger partial charge in [0.1, 0.15) is 29.9 Å². The molecule has 5 heterocycles. The molecule has 4 aromatic rings. The minimum atomic E-state index is -0.939. The molecule has 236 valence electrons. The largest absolute Gasteiger partial charge is 0.461 e. The summed E-state index contributed by atoms with van der Waals surface area (Å²) in [5, 5.41) is 0.534. The zero-order chi connectivity index (χ0) is 31.6. The zero-order valence-corrected chi connectivity index (χ0v) is 26.1. The molecule has 3 atom stereocenters. The van der Waals surface area contributed by atoms with Crippen LogP contribution in [0.1, 0.15) is 25.7 Å². The van der Waals surface area contributed by atoms with E-state index >= 15 is 4.39 Å². The summed E-state index contributed by atoms with van der Waals surface area (Å²) in [6.07, 6.45) is 3.08. The van der Waals surface area contributed by atoms with Gasteiger partial charge in [0.15, 0.2) is 10.9 Å². The van der Waals surface area contributed by atoms with Crippen LogP contribution in [0.5, 0.6) is 6.01 Å². The summed E-state index contributed by atoms with van der Waals surface area (Å²) in [7, 11) is 1.82. The number of likely N-dealkylation sites (tertiary alicyclic amines) is 1. The predicted molar refractivity (Wildman–Crippen MR) is 170 cm³/mol. The van der Waals surface area contributed by atoms with E-state index in [0.29, 0.717) is 43.7 Å². The lowest BCUT2D eigenvalue weighted by Crippen LogP contribution is -2.43. The number of nitrogens with two attached hydrogens (primary N) is 1. The quantitative estimate of drug-likeness (QED) is 0.257. The fourth-order valence-corrected chi connectivity index (χ4v) is 8.20. The molecule has 2 aromatic heterocycles. The van der Waals surface area contributed by atoms with Crippen molar-refractivity contribution in [1.29, 1.82) is 0 Å². The van der Waals surface area contributed by atoms with Crippen molar-refractivity contribution in [2.75, 3.05) is 50.5 Å². The standard InChI is InChI=1S/C31H31ClF3N7O2S/c1-3-22(43)41-10-7-17(14-41)40(2)28-19-11-20(32)23(18-5-6-21(34)27-26(18)37-29(36)45-27)24(35)25(19)38-30(39-28)44-15-31-8-4-9-42(31)13-16(33)12-31/h3,5-6,11,16-17H,1,4,7-10,12-15H2,2H3,(H2,36,37)/t16-,17+,31+/m1/s1. The minimum absolute atomic E-state index is 0.00188. The number of likely N-dealkylation sites (N-methyl/N-ethyl adjacent to an activating group) is 1. The number of ether oxygens (including phenoxy) is 1. The van der Waals surface area contributed by atoms with E-state index < -0.39 is 23.3 Å². The molecule has 7 rings (SSSR count). The van der Waals surface area contributed by atoms with Gasteiger partial charge in [0.05, 0.1) is 20.8 Å². The minimum Gasteiger partial charge on any atom is -0.461 e. The lowest BCUT2D eigenvalue weighted by Gasteiger charge is -2.31. The summed E-state index contributed by atoms with van der Waals surface area (Å²) in [5.74, 6) is -1.07. The number of amides is 1. The van der Waals surface area contributed by atoms with Crippen molar-refractivity contribution in [2.45, 2.75) is 43.4 Å². The fraction of sp³-hybridized carbons (Fsp3) is 0.419. The Bertz CT molecular complexity index is 1860. The predicted octanol–water partition coefficient (Wildman–Crippen LogP) is 5.60. The lowest BCUT2D eigenvalue weighted by molar-refractivity contribution is -0.125. The molecule has 14 heteroatoms. The van der Waals surface area contributed by atoms with Gasteiger partial charge in [0.25, 0.3) is 0 Å². The zero-order valence-electron chi connectivity index (χ0n) is 24.5. The van der Waals surface area contributed by atoms with Crippen LogP contribution in [-0.2, 0) is 4.79 Å². The molecule has 0 bridgehead atoms. The van der Waals surface area contributed by atoms with E-state index in [1.165, 1.54) is 18.2 Å². The number of halogens is 4. The maximum absolute atomic E-state index is 16.8. The van der Waals surface area contributed by atoms with E-state index in [0.717, 1.165) is 30.7 Å². The molecule has 1 amide bonds. The number of alkyl halides is 1. The van der Waals surface area contributed by atoms with Crippen molar-refractivity contribution in [2.24, 2.45) is 0 Å². The van der Waals surface area contributed by atoms with Crippen molar-refractivity contribution in [3.8, 4) is 17.1 Å². The number of hydrogen-bond donors (Lipinski definition) is 1. The summed E-state index contributed by atoms with van der Waals surface area (Å²) in [6, 6.07) is 4.04. The van der Waals surface area contributed by atoms with Gasteiger partial charge in [0, 0.05) is 55.7 Å². The van der Waals surface area contributed by atoms with Crippen LogP contribution in [0.15, 0.2) is 30.9 Å². The summed E-state index contributed by atoms with van der Waals surface area (Å²) in [4.78, 5) is 31.5. The normalized spacial score (nSPS) is 23.3. The van der Waals surface area contributed by atoms with Crippen LogP contribution >= 0.6 is 22.9 Å². The molecule has 3 saturated heterocycles. The molecule has 45 heavy (non-hydrogen) atoms. The number of carbonyl (C=O) groups is 1. The molecule has 0 radical (unpaired) electrons.